The van der Waals surface area contributed by atoms with Gasteiger partial charge in [-0.2, -0.15) is 0 Å². The van der Waals surface area contributed by atoms with Gasteiger partial charge in [0.25, 0.3) is 10.0 Å². The van der Waals surface area contributed by atoms with Crippen LogP contribution in [0.4, 0.5) is 11.4 Å². The van der Waals surface area contributed by atoms with Crippen LogP contribution in [0.1, 0.15) is 18.1 Å². The van der Waals surface area contributed by atoms with Crippen LogP contribution in [-0.4, -0.2) is 21.4 Å². The number of anilines is 2. The molecule has 2 aromatic carbocycles. The summed E-state index contributed by atoms with van der Waals surface area (Å²) in [4.78, 5) is 11.3. The average Bonchev–Trinajstić information content (AvgIpc) is 2.49. The first-order valence-electron chi connectivity index (χ1n) is 7.28. The highest BCUT2D eigenvalue weighted by atomic mass is 32.2. The van der Waals surface area contributed by atoms with E-state index < -0.39 is 10.0 Å². The van der Waals surface area contributed by atoms with Gasteiger partial charge in [-0.15, -0.1) is 0 Å². The summed E-state index contributed by atoms with van der Waals surface area (Å²) in [6, 6.07) is 9.81. The van der Waals surface area contributed by atoms with Gasteiger partial charge in [0.15, 0.2) is 0 Å². The minimum absolute atomic E-state index is 0.174. The van der Waals surface area contributed by atoms with Gasteiger partial charge in [-0.1, -0.05) is 6.07 Å². The Balaban J connectivity index is 2.37. The Morgan fingerprint density at radius 1 is 1.04 bits per heavy atom. The summed E-state index contributed by atoms with van der Waals surface area (Å²) in [5, 5.41) is 2.63. The Morgan fingerprint density at radius 3 is 2.33 bits per heavy atom. The van der Waals surface area contributed by atoms with Crippen LogP contribution in [0.5, 0.6) is 5.75 Å². The fourth-order valence-corrected chi connectivity index (χ4v) is 3.61. The maximum absolute atomic E-state index is 12.7. The smallest absolute Gasteiger partial charge is 0.262 e. The maximum atomic E-state index is 12.7. The van der Waals surface area contributed by atoms with Gasteiger partial charge in [-0.3, -0.25) is 9.52 Å². The maximum Gasteiger partial charge on any atom is 0.262 e. The quantitative estimate of drug-likeness (QED) is 0.870. The third kappa shape index (κ3) is 4.05. The summed E-state index contributed by atoms with van der Waals surface area (Å²) in [6.45, 7) is 4.89. The molecule has 2 aromatic rings. The Bertz CT molecular complexity index is 876. The van der Waals surface area contributed by atoms with Crippen LogP contribution in [-0.2, 0) is 14.8 Å². The molecule has 0 aliphatic carbocycles. The minimum Gasteiger partial charge on any atom is -0.497 e. The van der Waals surface area contributed by atoms with Crippen molar-refractivity contribution < 1.29 is 17.9 Å². The first kappa shape index (κ1) is 17.8. The van der Waals surface area contributed by atoms with Crippen molar-refractivity contribution >= 4 is 27.3 Å². The molecule has 0 spiro atoms. The number of rotatable bonds is 5. The lowest BCUT2D eigenvalue weighted by Gasteiger charge is -2.14. The molecular weight excluding hydrogens is 328 g/mol. The monoisotopic (exact) mass is 348 g/mol. The van der Waals surface area contributed by atoms with Crippen LogP contribution < -0.4 is 14.8 Å². The number of nitrogens with one attached hydrogen (secondary N) is 2. The van der Waals surface area contributed by atoms with Gasteiger partial charge in [0.05, 0.1) is 17.7 Å². The normalized spacial score (nSPS) is 11.0. The van der Waals surface area contributed by atoms with Gasteiger partial charge in [-0.05, 0) is 55.3 Å². The van der Waals surface area contributed by atoms with Crippen molar-refractivity contribution in [2.75, 3.05) is 17.1 Å². The number of sulfonamides is 1. The highest BCUT2D eigenvalue weighted by Gasteiger charge is 2.18. The van der Waals surface area contributed by atoms with Crippen LogP contribution in [0.3, 0.4) is 0 Å². The molecule has 0 radical (unpaired) electrons. The molecule has 0 saturated heterocycles. The molecule has 128 valence electrons. The second-order valence-electron chi connectivity index (χ2n) is 5.45. The van der Waals surface area contributed by atoms with E-state index in [1.54, 1.807) is 44.2 Å². The topological polar surface area (TPSA) is 84.5 Å². The van der Waals surface area contributed by atoms with Crippen molar-refractivity contribution in [3.63, 3.8) is 0 Å². The van der Waals surface area contributed by atoms with Crippen molar-refractivity contribution in [2.24, 2.45) is 0 Å². The highest BCUT2D eigenvalue weighted by molar-refractivity contribution is 7.92. The van der Waals surface area contributed by atoms with Crippen molar-refractivity contribution in [1.82, 2.24) is 0 Å². The van der Waals surface area contributed by atoms with Crippen molar-refractivity contribution in [1.29, 1.82) is 0 Å². The summed E-state index contributed by atoms with van der Waals surface area (Å²) in [7, 11) is -2.23. The zero-order valence-corrected chi connectivity index (χ0v) is 14.8. The van der Waals surface area contributed by atoms with Crippen LogP contribution in [0.15, 0.2) is 41.3 Å². The van der Waals surface area contributed by atoms with E-state index in [0.29, 0.717) is 22.7 Å². The summed E-state index contributed by atoms with van der Waals surface area (Å²) in [6.07, 6.45) is 0. The Hall–Kier alpha value is -2.54. The molecule has 2 rings (SSSR count). The SMILES string of the molecule is COc1ccc(S(=O)(=O)Nc2cc(NC(C)=O)ccc2C)c(C)c1. The molecule has 1 amide bonds. The standard InChI is InChI=1S/C17H20N2O4S/c1-11-5-6-14(18-13(3)20)10-16(11)19-24(21,22)17-8-7-15(23-4)9-12(17)2/h5-10,19H,1-4H3,(H,18,20). The predicted octanol–water partition coefficient (Wildman–Crippen LogP) is 3.07. The lowest BCUT2D eigenvalue weighted by molar-refractivity contribution is -0.114. The first-order chi connectivity index (χ1) is 11.2. The zero-order chi connectivity index (χ0) is 17.9. The van der Waals surface area contributed by atoms with Crippen molar-refractivity contribution in [2.45, 2.75) is 25.7 Å². The van der Waals surface area contributed by atoms with E-state index in [4.69, 9.17) is 4.74 Å². The first-order valence-corrected chi connectivity index (χ1v) is 8.77. The zero-order valence-electron chi connectivity index (χ0n) is 14.0. The average molecular weight is 348 g/mol. The number of aryl methyl sites for hydroxylation is 2. The molecular formula is C17H20N2O4S. The lowest BCUT2D eigenvalue weighted by atomic mass is 10.2. The number of hydrogen-bond donors (Lipinski definition) is 2. The van der Waals surface area contributed by atoms with E-state index in [-0.39, 0.29) is 10.8 Å². The second-order valence-corrected chi connectivity index (χ2v) is 7.10. The Kier molecular flexibility index (Phi) is 5.14. The van der Waals surface area contributed by atoms with Crippen LogP contribution in [0, 0.1) is 13.8 Å². The summed E-state index contributed by atoms with van der Waals surface area (Å²) in [5.74, 6) is 0.369. The van der Waals surface area contributed by atoms with Gasteiger partial charge < -0.3 is 10.1 Å². The summed E-state index contributed by atoms with van der Waals surface area (Å²) < 4.78 is 33.0. The lowest BCUT2D eigenvalue weighted by Crippen LogP contribution is -2.15. The van der Waals surface area contributed by atoms with Gasteiger partial charge >= 0.3 is 0 Å². The second kappa shape index (κ2) is 6.92. The molecule has 2 N–H and O–H groups in total. The summed E-state index contributed by atoms with van der Waals surface area (Å²) >= 11 is 0. The highest BCUT2D eigenvalue weighted by Crippen LogP contribution is 2.26. The van der Waals surface area contributed by atoms with Gasteiger partial charge in [-0.25, -0.2) is 8.42 Å². The Labute approximate surface area is 141 Å². The number of methoxy groups -OCH3 is 1. The molecule has 0 aliphatic rings. The number of hydrogen-bond acceptors (Lipinski definition) is 4. The largest absolute Gasteiger partial charge is 0.497 e. The number of benzene rings is 2. The molecule has 7 heteroatoms. The molecule has 0 heterocycles. The minimum atomic E-state index is -3.75. The summed E-state index contributed by atoms with van der Waals surface area (Å²) in [5.41, 5.74) is 2.27. The molecule has 0 atom stereocenters. The van der Waals surface area contributed by atoms with Gasteiger partial charge in [0, 0.05) is 12.6 Å². The number of ether oxygens (including phenoxy) is 1. The molecule has 0 fully saturated rings. The molecule has 0 aromatic heterocycles. The van der Waals surface area contributed by atoms with Crippen LogP contribution in [0.2, 0.25) is 0 Å². The van der Waals surface area contributed by atoms with E-state index >= 15 is 0 Å². The fourth-order valence-electron chi connectivity index (χ4n) is 2.26. The van der Waals surface area contributed by atoms with Crippen molar-refractivity contribution in [3.05, 3.63) is 47.5 Å². The Morgan fingerprint density at radius 2 is 1.75 bits per heavy atom. The fraction of sp³-hybridized carbons (Fsp3) is 0.235. The molecule has 0 unspecified atom stereocenters. The van der Waals surface area contributed by atoms with E-state index in [1.165, 1.54) is 20.1 Å². The van der Waals surface area contributed by atoms with E-state index in [0.717, 1.165) is 5.56 Å². The molecule has 0 saturated carbocycles. The molecule has 0 bridgehead atoms. The third-order valence-corrected chi connectivity index (χ3v) is 5.00. The van der Waals surface area contributed by atoms with Crippen LogP contribution >= 0.6 is 0 Å². The van der Waals surface area contributed by atoms with Gasteiger partial charge in [0.2, 0.25) is 5.91 Å². The number of carbonyl (C=O) groups is 1. The molecule has 24 heavy (non-hydrogen) atoms. The third-order valence-electron chi connectivity index (χ3n) is 3.47. The molecule has 6 nitrogen and oxygen atoms in total. The predicted molar refractivity (Wildman–Crippen MR) is 94.0 cm³/mol. The van der Waals surface area contributed by atoms with E-state index in [9.17, 15) is 13.2 Å². The van der Waals surface area contributed by atoms with Crippen molar-refractivity contribution in [3.8, 4) is 5.75 Å². The van der Waals surface area contributed by atoms with E-state index in [2.05, 4.69) is 10.0 Å². The van der Waals surface area contributed by atoms with Crippen LogP contribution in [0.25, 0.3) is 0 Å². The molecule has 0 aliphatic heterocycles. The van der Waals surface area contributed by atoms with Gasteiger partial charge in [0.1, 0.15) is 5.75 Å². The number of carbonyl (C=O) groups excluding carboxylic acids is 1. The number of amides is 1. The van der Waals surface area contributed by atoms with E-state index in [1.807, 2.05) is 0 Å².